The van der Waals surface area contributed by atoms with Crippen LogP contribution in [-0.4, -0.2) is 25.7 Å². The summed E-state index contributed by atoms with van der Waals surface area (Å²) in [6.07, 6.45) is 4.11. The van der Waals surface area contributed by atoms with Gasteiger partial charge in [0.05, 0.1) is 15.6 Å². The van der Waals surface area contributed by atoms with Gasteiger partial charge in [0, 0.05) is 5.56 Å². The lowest BCUT2D eigenvalue weighted by molar-refractivity contribution is -0.110. The number of carbonyl (C=O) groups is 1. The lowest BCUT2D eigenvalue weighted by atomic mass is 10.1. The number of benzene rings is 2. The van der Waals surface area contributed by atoms with E-state index in [1.165, 1.54) is 30.4 Å². The van der Waals surface area contributed by atoms with Crippen LogP contribution in [0.1, 0.15) is 5.56 Å². The maximum Gasteiger partial charge on any atom is 0.284 e. The summed E-state index contributed by atoms with van der Waals surface area (Å²) in [5, 5.41) is 0.00424. The Bertz CT molecular complexity index is 1050. The first-order valence-corrected chi connectivity index (χ1v) is 9.41. The van der Waals surface area contributed by atoms with E-state index in [4.69, 9.17) is 11.6 Å². The summed E-state index contributed by atoms with van der Waals surface area (Å²) in [6.45, 7) is 0. The summed E-state index contributed by atoms with van der Waals surface area (Å²) in [5.41, 5.74) is 0.856. The zero-order valence-electron chi connectivity index (χ0n) is 13.4. The van der Waals surface area contributed by atoms with Gasteiger partial charge in [0.25, 0.3) is 10.0 Å². The maximum atomic E-state index is 12.6. The molecule has 0 aliphatic heterocycles. The molecule has 0 fully saturated rings. The molecule has 2 aromatic rings. The first-order valence-electron chi connectivity index (χ1n) is 7.59. The summed E-state index contributed by atoms with van der Waals surface area (Å²) in [5.74, 6) is -0.329. The van der Waals surface area contributed by atoms with E-state index in [1.807, 2.05) is 0 Å². The second-order valence-corrected chi connectivity index (χ2v) is 7.31. The van der Waals surface area contributed by atoms with Crippen LogP contribution < -0.4 is 0 Å². The average Bonchev–Trinajstić information content (AvgIpc) is 2.65. The summed E-state index contributed by atoms with van der Waals surface area (Å²) >= 11 is 5.84. The highest BCUT2D eigenvalue weighted by Gasteiger charge is 2.16. The molecule has 0 unspecified atom stereocenters. The molecule has 130 valence electrons. The van der Waals surface area contributed by atoms with Gasteiger partial charge in [-0.25, -0.2) is 4.99 Å². The third kappa shape index (κ3) is 4.22. The monoisotopic (exact) mass is 384 g/mol. The van der Waals surface area contributed by atoms with Crippen molar-refractivity contribution in [3.05, 3.63) is 89.5 Å². The highest BCUT2D eigenvalue weighted by atomic mass is 35.5. The predicted molar refractivity (Wildman–Crippen MR) is 102 cm³/mol. The molecule has 2 aromatic carbocycles. The number of hydrogen-bond acceptors (Lipinski definition) is 3. The summed E-state index contributed by atoms with van der Waals surface area (Å²) < 4.78 is 29.1. The number of halogens is 1. The number of amidine groups is 1. The van der Waals surface area contributed by atoms with E-state index in [-0.39, 0.29) is 21.5 Å². The molecule has 0 radical (unpaired) electrons. The fourth-order valence-corrected chi connectivity index (χ4v) is 3.32. The van der Waals surface area contributed by atoms with Crippen molar-refractivity contribution >= 4 is 39.0 Å². The van der Waals surface area contributed by atoms with Crippen LogP contribution in [0.2, 0.25) is 0 Å². The van der Waals surface area contributed by atoms with Gasteiger partial charge in [0.1, 0.15) is 0 Å². The van der Waals surface area contributed by atoms with Crippen LogP contribution in [-0.2, 0) is 14.8 Å². The molecule has 0 bridgehead atoms. The minimum absolute atomic E-state index is 0.00386. The Hall–Kier alpha value is -2.83. The normalized spacial score (nSPS) is 16.7. The molecule has 1 aliphatic carbocycles. The van der Waals surface area contributed by atoms with Crippen molar-refractivity contribution in [1.82, 2.24) is 0 Å². The second-order valence-electron chi connectivity index (χ2n) is 5.30. The lowest BCUT2D eigenvalue weighted by Crippen LogP contribution is -2.09. The molecule has 3 rings (SSSR count). The van der Waals surface area contributed by atoms with E-state index >= 15 is 0 Å². The summed E-state index contributed by atoms with van der Waals surface area (Å²) in [6, 6.07) is 16.6. The fourth-order valence-electron chi connectivity index (χ4n) is 2.17. The molecular weight excluding hydrogens is 372 g/mol. The standard InChI is InChI=1S/C19H13ClN2O3S/c20-17-13-15(11-12-18(17)23)21-19(14-7-3-1-4-8-14)22-26(24,25)16-9-5-2-6-10-16/h1-13H/b21-15?,22-19+. The van der Waals surface area contributed by atoms with Gasteiger partial charge in [-0.3, -0.25) is 4.79 Å². The van der Waals surface area contributed by atoms with Gasteiger partial charge in [-0.05, 0) is 30.4 Å². The molecular formula is C19H13ClN2O3S. The molecule has 0 heterocycles. The number of sulfonamides is 1. The van der Waals surface area contributed by atoms with Crippen molar-refractivity contribution < 1.29 is 13.2 Å². The van der Waals surface area contributed by atoms with E-state index in [0.29, 0.717) is 11.3 Å². The third-order valence-corrected chi connectivity index (χ3v) is 5.01. The Labute approximate surface area is 156 Å². The Kier molecular flexibility index (Phi) is 5.25. The Morgan fingerprint density at radius 1 is 0.885 bits per heavy atom. The van der Waals surface area contributed by atoms with Gasteiger partial charge in [-0.1, -0.05) is 60.1 Å². The van der Waals surface area contributed by atoms with Crippen molar-refractivity contribution in [2.45, 2.75) is 4.90 Å². The minimum Gasteiger partial charge on any atom is -0.288 e. The van der Waals surface area contributed by atoms with Crippen molar-refractivity contribution in [2.24, 2.45) is 9.39 Å². The Morgan fingerprint density at radius 2 is 1.50 bits per heavy atom. The van der Waals surface area contributed by atoms with Crippen LogP contribution in [0.5, 0.6) is 0 Å². The largest absolute Gasteiger partial charge is 0.288 e. The fraction of sp³-hybridized carbons (Fsp3) is 0. The average molecular weight is 385 g/mol. The maximum absolute atomic E-state index is 12.6. The molecule has 5 nitrogen and oxygen atoms in total. The number of nitrogens with zero attached hydrogens (tertiary/aromatic N) is 2. The Morgan fingerprint density at radius 3 is 2.12 bits per heavy atom. The van der Waals surface area contributed by atoms with E-state index in [2.05, 4.69) is 9.39 Å². The van der Waals surface area contributed by atoms with Crippen molar-refractivity contribution in [3.8, 4) is 0 Å². The van der Waals surface area contributed by atoms with E-state index in [1.54, 1.807) is 48.5 Å². The Balaban J connectivity index is 2.11. The van der Waals surface area contributed by atoms with Gasteiger partial charge in [-0.15, -0.1) is 4.40 Å². The molecule has 0 amide bonds. The number of aliphatic imine (C=N–C) groups is 1. The molecule has 0 saturated carbocycles. The zero-order chi connectivity index (χ0) is 18.6. The molecule has 0 spiro atoms. The van der Waals surface area contributed by atoms with Crippen LogP contribution >= 0.6 is 11.6 Å². The third-order valence-electron chi connectivity index (χ3n) is 3.43. The van der Waals surface area contributed by atoms with Gasteiger partial charge in [0.2, 0.25) is 0 Å². The van der Waals surface area contributed by atoms with Crippen LogP contribution in [0, 0.1) is 0 Å². The first kappa shape index (κ1) is 18.0. The highest BCUT2D eigenvalue weighted by Crippen LogP contribution is 2.16. The first-order chi connectivity index (χ1) is 12.5. The SMILES string of the molecule is O=C1C=CC(=N/C(=N/S(=O)(=O)c2ccccc2)c2ccccc2)C=C1Cl. The van der Waals surface area contributed by atoms with Gasteiger partial charge in [0.15, 0.2) is 11.6 Å². The number of hydrogen-bond donors (Lipinski definition) is 0. The van der Waals surface area contributed by atoms with Crippen LogP contribution in [0.4, 0.5) is 0 Å². The summed E-state index contributed by atoms with van der Waals surface area (Å²) in [4.78, 5) is 15.8. The van der Waals surface area contributed by atoms with E-state index in [0.717, 1.165) is 0 Å². The quantitative estimate of drug-likeness (QED) is 0.461. The van der Waals surface area contributed by atoms with Crippen molar-refractivity contribution in [1.29, 1.82) is 0 Å². The molecule has 0 saturated heterocycles. The molecule has 0 aromatic heterocycles. The zero-order valence-corrected chi connectivity index (χ0v) is 15.0. The second kappa shape index (κ2) is 7.59. The lowest BCUT2D eigenvalue weighted by Gasteiger charge is -2.06. The molecule has 1 aliphatic rings. The minimum atomic E-state index is -3.95. The topological polar surface area (TPSA) is 75.9 Å². The molecule has 0 N–H and O–H groups in total. The van der Waals surface area contributed by atoms with Crippen LogP contribution in [0.3, 0.4) is 0 Å². The van der Waals surface area contributed by atoms with Crippen molar-refractivity contribution in [2.75, 3.05) is 0 Å². The van der Waals surface area contributed by atoms with Crippen molar-refractivity contribution in [3.63, 3.8) is 0 Å². The molecule has 0 atom stereocenters. The van der Waals surface area contributed by atoms with Crippen LogP contribution in [0.15, 0.2) is 98.2 Å². The highest BCUT2D eigenvalue weighted by molar-refractivity contribution is 7.90. The molecule has 26 heavy (non-hydrogen) atoms. The number of ketones is 1. The van der Waals surface area contributed by atoms with Crippen LogP contribution in [0.25, 0.3) is 0 Å². The van der Waals surface area contributed by atoms with Gasteiger partial charge >= 0.3 is 0 Å². The number of rotatable bonds is 3. The number of allylic oxidation sites excluding steroid dienone is 4. The predicted octanol–water partition coefficient (Wildman–Crippen LogP) is 3.52. The smallest absolute Gasteiger partial charge is 0.284 e. The summed E-state index contributed by atoms with van der Waals surface area (Å²) in [7, 11) is -3.95. The van der Waals surface area contributed by atoms with Gasteiger partial charge in [-0.2, -0.15) is 8.42 Å². The van der Waals surface area contributed by atoms with E-state index in [9.17, 15) is 13.2 Å². The molecule has 7 heteroatoms. The van der Waals surface area contributed by atoms with Gasteiger partial charge < -0.3 is 0 Å². The van der Waals surface area contributed by atoms with E-state index < -0.39 is 10.0 Å². The number of carbonyl (C=O) groups excluding carboxylic acids is 1.